The van der Waals surface area contributed by atoms with Crippen LogP contribution in [0.1, 0.15) is 37.6 Å². The Balaban J connectivity index is 2.67. The zero-order valence-electron chi connectivity index (χ0n) is 8.86. The molecule has 0 aliphatic heterocycles. The van der Waals surface area contributed by atoms with Gasteiger partial charge in [-0.2, -0.15) is 0 Å². The average Bonchev–Trinajstić information content (AvgIpc) is 2.53. The standard InChI is InChI=1S/C11H15N3/c1-4-8(2)10-9(3)13-11-12-6-5-7-14(10)11/h5-8H,4H2,1-3H3. The zero-order chi connectivity index (χ0) is 10.1. The molecule has 2 aromatic heterocycles. The lowest BCUT2D eigenvalue weighted by atomic mass is 10.0. The minimum absolute atomic E-state index is 0.536. The van der Waals surface area contributed by atoms with Crippen LogP contribution in [0.5, 0.6) is 0 Å². The van der Waals surface area contributed by atoms with E-state index in [2.05, 4.69) is 35.1 Å². The van der Waals surface area contributed by atoms with Crippen molar-refractivity contribution in [3.63, 3.8) is 0 Å². The fourth-order valence-corrected chi connectivity index (χ4v) is 1.80. The summed E-state index contributed by atoms with van der Waals surface area (Å²) < 4.78 is 2.09. The second-order valence-corrected chi connectivity index (χ2v) is 3.68. The van der Waals surface area contributed by atoms with Crippen molar-refractivity contribution >= 4 is 5.78 Å². The molecule has 0 N–H and O–H groups in total. The molecule has 0 aromatic carbocycles. The summed E-state index contributed by atoms with van der Waals surface area (Å²) in [4.78, 5) is 8.67. The maximum Gasteiger partial charge on any atom is 0.234 e. The highest BCUT2D eigenvalue weighted by Crippen LogP contribution is 2.22. The van der Waals surface area contributed by atoms with Gasteiger partial charge in [0.2, 0.25) is 5.78 Å². The number of aryl methyl sites for hydroxylation is 1. The van der Waals surface area contributed by atoms with Gasteiger partial charge in [-0.25, -0.2) is 9.97 Å². The Hall–Kier alpha value is -1.38. The molecule has 0 bridgehead atoms. The third-order valence-corrected chi connectivity index (χ3v) is 2.70. The van der Waals surface area contributed by atoms with E-state index in [1.54, 1.807) is 6.20 Å². The summed E-state index contributed by atoms with van der Waals surface area (Å²) in [5, 5.41) is 0. The molecule has 2 rings (SSSR count). The van der Waals surface area contributed by atoms with Gasteiger partial charge in [-0.3, -0.25) is 4.40 Å². The quantitative estimate of drug-likeness (QED) is 0.726. The molecule has 3 nitrogen and oxygen atoms in total. The topological polar surface area (TPSA) is 30.2 Å². The Morgan fingerprint density at radius 2 is 2.29 bits per heavy atom. The van der Waals surface area contributed by atoms with Gasteiger partial charge in [0.25, 0.3) is 0 Å². The minimum Gasteiger partial charge on any atom is -0.288 e. The first-order valence-electron chi connectivity index (χ1n) is 5.03. The summed E-state index contributed by atoms with van der Waals surface area (Å²) in [6, 6.07) is 1.94. The Bertz CT molecular complexity index is 445. The van der Waals surface area contributed by atoms with Crippen molar-refractivity contribution in [1.29, 1.82) is 0 Å². The van der Waals surface area contributed by atoms with Crippen molar-refractivity contribution in [3.8, 4) is 0 Å². The van der Waals surface area contributed by atoms with Gasteiger partial charge in [0.15, 0.2) is 0 Å². The van der Waals surface area contributed by atoms with E-state index in [-0.39, 0.29) is 0 Å². The highest BCUT2D eigenvalue weighted by atomic mass is 15.1. The second-order valence-electron chi connectivity index (χ2n) is 3.68. The number of hydrogen-bond acceptors (Lipinski definition) is 2. The molecule has 1 atom stereocenters. The van der Waals surface area contributed by atoms with E-state index >= 15 is 0 Å². The van der Waals surface area contributed by atoms with Gasteiger partial charge in [-0.05, 0) is 25.3 Å². The molecule has 0 spiro atoms. The lowest BCUT2D eigenvalue weighted by Crippen LogP contribution is -1.99. The van der Waals surface area contributed by atoms with Crippen LogP contribution in [0, 0.1) is 6.92 Å². The summed E-state index contributed by atoms with van der Waals surface area (Å²) in [6.45, 7) is 6.47. The van der Waals surface area contributed by atoms with E-state index in [9.17, 15) is 0 Å². The maximum atomic E-state index is 4.43. The van der Waals surface area contributed by atoms with Crippen LogP contribution < -0.4 is 0 Å². The predicted molar refractivity (Wildman–Crippen MR) is 56.4 cm³/mol. The summed E-state index contributed by atoms with van der Waals surface area (Å²) in [5.41, 5.74) is 2.38. The Morgan fingerprint density at radius 1 is 1.50 bits per heavy atom. The molecular formula is C11H15N3. The molecule has 74 valence electrons. The molecular weight excluding hydrogens is 174 g/mol. The fraction of sp³-hybridized carbons (Fsp3) is 0.455. The summed E-state index contributed by atoms with van der Waals surface area (Å²) in [6.07, 6.45) is 4.94. The van der Waals surface area contributed by atoms with Crippen molar-refractivity contribution in [3.05, 3.63) is 29.8 Å². The van der Waals surface area contributed by atoms with E-state index < -0.39 is 0 Å². The number of fused-ring (bicyclic) bond motifs is 1. The first-order valence-corrected chi connectivity index (χ1v) is 5.03. The minimum atomic E-state index is 0.536. The lowest BCUT2D eigenvalue weighted by molar-refractivity contribution is 0.693. The van der Waals surface area contributed by atoms with Gasteiger partial charge in [0, 0.05) is 18.1 Å². The number of imidazole rings is 1. The Kier molecular flexibility index (Phi) is 2.23. The molecule has 0 radical (unpaired) electrons. The monoisotopic (exact) mass is 189 g/mol. The normalized spacial score (nSPS) is 13.4. The van der Waals surface area contributed by atoms with Crippen LogP contribution in [0.15, 0.2) is 18.5 Å². The number of hydrogen-bond donors (Lipinski definition) is 0. The van der Waals surface area contributed by atoms with Crippen molar-refractivity contribution in [2.75, 3.05) is 0 Å². The van der Waals surface area contributed by atoms with Gasteiger partial charge in [-0.15, -0.1) is 0 Å². The Morgan fingerprint density at radius 3 is 3.00 bits per heavy atom. The average molecular weight is 189 g/mol. The van der Waals surface area contributed by atoms with Crippen LogP contribution in [-0.2, 0) is 0 Å². The van der Waals surface area contributed by atoms with Crippen molar-refractivity contribution < 1.29 is 0 Å². The summed E-state index contributed by atoms with van der Waals surface area (Å²) in [7, 11) is 0. The van der Waals surface area contributed by atoms with Gasteiger partial charge in [-0.1, -0.05) is 13.8 Å². The molecule has 0 saturated carbocycles. The molecule has 0 aliphatic rings. The number of aromatic nitrogens is 3. The van der Waals surface area contributed by atoms with Gasteiger partial charge in [0.05, 0.1) is 5.69 Å². The van der Waals surface area contributed by atoms with Crippen molar-refractivity contribution in [2.24, 2.45) is 0 Å². The highest BCUT2D eigenvalue weighted by Gasteiger charge is 2.13. The van der Waals surface area contributed by atoms with Crippen LogP contribution in [0.3, 0.4) is 0 Å². The van der Waals surface area contributed by atoms with E-state index in [1.807, 2.05) is 12.3 Å². The smallest absolute Gasteiger partial charge is 0.234 e. The summed E-state index contributed by atoms with van der Waals surface area (Å²) in [5.74, 6) is 1.34. The van der Waals surface area contributed by atoms with Gasteiger partial charge in [0.1, 0.15) is 0 Å². The summed E-state index contributed by atoms with van der Waals surface area (Å²) >= 11 is 0. The zero-order valence-corrected chi connectivity index (χ0v) is 8.86. The molecule has 2 aromatic rings. The molecule has 0 amide bonds. The SMILES string of the molecule is CCC(C)c1c(C)nc2ncccn12. The second kappa shape index (κ2) is 3.40. The molecule has 2 heterocycles. The molecule has 3 heteroatoms. The van der Waals surface area contributed by atoms with Crippen molar-refractivity contribution in [1.82, 2.24) is 14.4 Å². The first kappa shape index (κ1) is 9.19. The largest absolute Gasteiger partial charge is 0.288 e. The molecule has 14 heavy (non-hydrogen) atoms. The Labute approximate surface area is 83.8 Å². The molecule has 0 fully saturated rings. The van der Waals surface area contributed by atoms with E-state index in [1.165, 1.54) is 5.69 Å². The van der Waals surface area contributed by atoms with Crippen LogP contribution in [0.2, 0.25) is 0 Å². The molecule has 0 saturated heterocycles. The van der Waals surface area contributed by atoms with Gasteiger partial charge >= 0.3 is 0 Å². The van der Waals surface area contributed by atoms with Crippen molar-refractivity contribution in [2.45, 2.75) is 33.1 Å². The molecule has 0 aliphatic carbocycles. The highest BCUT2D eigenvalue weighted by molar-refractivity contribution is 5.36. The van der Waals surface area contributed by atoms with Crippen LogP contribution in [-0.4, -0.2) is 14.4 Å². The lowest BCUT2D eigenvalue weighted by Gasteiger charge is -2.08. The van der Waals surface area contributed by atoms with Crippen LogP contribution >= 0.6 is 0 Å². The fourth-order valence-electron chi connectivity index (χ4n) is 1.80. The van der Waals surface area contributed by atoms with E-state index in [4.69, 9.17) is 0 Å². The molecule has 1 unspecified atom stereocenters. The predicted octanol–water partition coefficient (Wildman–Crippen LogP) is 2.55. The third kappa shape index (κ3) is 1.29. The van der Waals surface area contributed by atoms with Crippen LogP contribution in [0.4, 0.5) is 0 Å². The number of rotatable bonds is 2. The maximum absolute atomic E-state index is 4.43. The third-order valence-electron chi connectivity index (χ3n) is 2.70. The van der Waals surface area contributed by atoms with E-state index in [0.717, 1.165) is 17.9 Å². The van der Waals surface area contributed by atoms with Gasteiger partial charge < -0.3 is 0 Å². The number of nitrogens with zero attached hydrogens (tertiary/aromatic N) is 3. The van der Waals surface area contributed by atoms with Crippen LogP contribution in [0.25, 0.3) is 5.78 Å². The van der Waals surface area contributed by atoms with E-state index in [0.29, 0.717) is 5.92 Å². The first-order chi connectivity index (χ1) is 6.74.